The highest BCUT2D eigenvalue weighted by Gasteiger charge is 2.32. The quantitative estimate of drug-likeness (QED) is 0.266. The number of esters is 1. The van der Waals surface area contributed by atoms with Crippen molar-refractivity contribution in [3.63, 3.8) is 0 Å². The van der Waals surface area contributed by atoms with Crippen LogP contribution in [-0.4, -0.2) is 41.4 Å². The summed E-state index contributed by atoms with van der Waals surface area (Å²) in [6.07, 6.45) is 0.457. The van der Waals surface area contributed by atoms with Gasteiger partial charge in [-0.3, -0.25) is 10.0 Å². The van der Waals surface area contributed by atoms with Crippen molar-refractivity contribution in [2.75, 3.05) is 7.11 Å². The predicted octanol–water partition coefficient (Wildman–Crippen LogP) is 2.95. The minimum atomic E-state index is -1.11. The molecule has 1 aromatic heterocycles. The molecule has 3 atom stereocenters. The molecule has 3 N–H and O–H groups in total. The fourth-order valence-electron chi connectivity index (χ4n) is 3.64. The van der Waals surface area contributed by atoms with Crippen molar-refractivity contribution in [2.45, 2.75) is 31.9 Å². The van der Waals surface area contributed by atoms with Gasteiger partial charge in [0.05, 0.1) is 13.2 Å². The molecule has 0 radical (unpaired) electrons. The maximum absolute atomic E-state index is 13.5. The fraction of sp³-hybridized carbons (Fsp3) is 0.240. The standard InChI is InChI=1S/C25H25FN2O6/c1-15(27-24(30)22-23(29)20(33-3)13-14-28(22)32)25(31)34-16(2)21(17-7-5-4-6-8-17)18-9-11-19(26)12-10-18/h4-16,21H,1-3H3,(H2-,27,29,30,32)/p+1/t15-,16-,21-/m0/s1. The largest absolute Gasteiger partial charge is 0.499 e. The first-order valence-electron chi connectivity index (χ1n) is 10.6. The third kappa shape index (κ3) is 5.43. The Morgan fingerprint density at radius 1 is 1.00 bits per heavy atom. The highest BCUT2D eigenvalue weighted by molar-refractivity contribution is 5.96. The van der Waals surface area contributed by atoms with Crippen LogP contribution in [0.2, 0.25) is 0 Å². The highest BCUT2D eigenvalue weighted by atomic mass is 19.1. The van der Waals surface area contributed by atoms with Gasteiger partial charge in [-0.1, -0.05) is 42.5 Å². The molecule has 1 heterocycles. The van der Waals surface area contributed by atoms with Crippen molar-refractivity contribution < 1.29 is 38.5 Å². The van der Waals surface area contributed by atoms with Gasteiger partial charge in [-0.25, -0.2) is 9.18 Å². The molecule has 3 aromatic rings. The summed E-state index contributed by atoms with van der Waals surface area (Å²) in [7, 11) is 1.30. The molecule has 1 amide bonds. The van der Waals surface area contributed by atoms with Crippen LogP contribution in [0, 0.1) is 5.82 Å². The topological polar surface area (TPSA) is 109 Å². The van der Waals surface area contributed by atoms with Gasteiger partial charge in [-0.05, 0) is 37.1 Å². The molecule has 0 aliphatic heterocycles. The summed E-state index contributed by atoms with van der Waals surface area (Å²) in [6, 6.07) is 15.5. The van der Waals surface area contributed by atoms with E-state index in [0.717, 1.165) is 17.3 Å². The van der Waals surface area contributed by atoms with Crippen LogP contribution in [0.25, 0.3) is 0 Å². The number of benzene rings is 2. The number of aromatic nitrogens is 1. The molecule has 0 fully saturated rings. The normalized spacial score (nSPS) is 13.4. The summed E-state index contributed by atoms with van der Waals surface area (Å²) in [5, 5.41) is 22.5. The maximum Gasteiger partial charge on any atom is 0.366 e. The van der Waals surface area contributed by atoms with Gasteiger partial charge in [-0.15, -0.1) is 0 Å². The Hall–Kier alpha value is -4.14. The lowest BCUT2D eigenvalue weighted by atomic mass is 9.87. The van der Waals surface area contributed by atoms with Gasteiger partial charge < -0.3 is 19.9 Å². The molecule has 9 heteroatoms. The van der Waals surface area contributed by atoms with E-state index in [1.165, 1.54) is 32.2 Å². The number of carbonyl (C=O) groups excluding carboxylic acids is 2. The Bertz CT molecular complexity index is 1150. The first-order chi connectivity index (χ1) is 16.2. The number of hydrogen-bond donors (Lipinski definition) is 3. The molecule has 2 aromatic carbocycles. The smallest absolute Gasteiger partial charge is 0.366 e. The molecular weight excluding hydrogens is 443 g/mol. The van der Waals surface area contributed by atoms with Crippen molar-refractivity contribution in [1.82, 2.24) is 5.32 Å². The Balaban J connectivity index is 1.76. The van der Waals surface area contributed by atoms with Crippen molar-refractivity contribution >= 4 is 11.9 Å². The first kappa shape index (κ1) is 24.5. The van der Waals surface area contributed by atoms with Gasteiger partial charge in [0.15, 0.2) is 5.75 Å². The number of rotatable bonds is 8. The van der Waals surface area contributed by atoms with Crippen LogP contribution in [0.15, 0.2) is 66.9 Å². The molecule has 0 spiro atoms. The predicted molar refractivity (Wildman–Crippen MR) is 119 cm³/mol. The lowest BCUT2D eigenvalue weighted by Gasteiger charge is -2.26. The van der Waals surface area contributed by atoms with Crippen LogP contribution in [0.1, 0.15) is 41.4 Å². The zero-order chi connectivity index (χ0) is 24.8. The van der Waals surface area contributed by atoms with Crippen LogP contribution in [0.3, 0.4) is 0 Å². The highest BCUT2D eigenvalue weighted by Crippen LogP contribution is 2.30. The second-order valence-electron chi connectivity index (χ2n) is 7.70. The molecule has 8 nitrogen and oxygen atoms in total. The van der Waals surface area contributed by atoms with Crippen LogP contribution in [0.5, 0.6) is 11.5 Å². The van der Waals surface area contributed by atoms with E-state index in [2.05, 4.69) is 5.32 Å². The number of amides is 1. The van der Waals surface area contributed by atoms with Crippen LogP contribution in [0.4, 0.5) is 4.39 Å². The van der Waals surface area contributed by atoms with Gasteiger partial charge in [0.1, 0.15) is 18.0 Å². The van der Waals surface area contributed by atoms with Crippen LogP contribution < -0.4 is 14.8 Å². The molecule has 0 unspecified atom stereocenters. The van der Waals surface area contributed by atoms with E-state index < -0.39 is 35.5 Å². The van der Waals surface area contributed by atoms with E-state index in [0.29, 0.717) is 4.73 Å². The second kappa shape index (κ2) is 10.7. The number of ether oxygens (including phenoxy) is 2. The number of methoxy groups -OCH3 is 1. The minimum absolute atomic E-state index is 0.0238. The lowest BCUT2D eigenvalue weighted by molar-refractivity contribution is -0.906. The number of nitrogens with zero attached hydrogens (tertiary/aromatic N) is 1. The maximum atomic E-state index is 13.5. The van der Waals surface area contributed by atoms with E-state index in [4.69, 9.17) is 9.47 Å². The molecule has 0 saturated heterocycles. The van der Waals surface area contributed by atoms with Crippen molar-refractivity contribution in [3.05, 3.63) is 89.5 Å². The van der Waals surface area contributed by atoms with E-state index in [-0.39, 0.29) is 17.5 Å². The molecule has 178 valence electrons. The van der Waals surface area contributed by atoms with Crippen molar-refractivity contribution in [3.8, 4) is 11.5 Å². The Morgan fingerprint density at radius 2 is 1.62 bits per heavy atom. The lowest BCUT2D eigenvalue weighted by Crippen LogP contribution is -2.47. The molecule has 34 heavy (non-hydrogen) atoms. The van der Waals surface area contributed by atoms with Crippen molar-refractivity contribution in [1.29, 1.82) is 0 Å². The summed E-state index contributed by atoms with van der Waals surface area (Å²) in [4.78, 5) is 25.4. The fourth-order valence-corrected chi connectivity index (χ4v) is 3.64. The molecule has 3 rings (SSSR count). The molecule has 0 aliphatic carbocycles. The summed E-state index contributed by atoms with van der Waals surface area (Å²) in [6.45, 7) is 3.13. The van der Waals surface area contributed by atoms with E-state index in [1.54, 1.807) is 19.1 Å². The zero-order valence-electron chi connectivity index (χ0n) is 18.9. The molecule has 0 aliphatic rings. The van der Waals surface area contributed by atoms with E-state index in [1.807, 2.05) is 30.3 Å². The SMILES string of the molecule is COc1cc[n+](O)c(C(=O)N[C@@H](C)C(=O)O[C@@H](C)[C@@H](c2ccccc2)c2ccc(F)cc2)c1O. The summed E-state index contributed by atoms with van der Waals surface area (Å²) < 4.78 is 24.5. The minimum Gasteiger partial charge on any atom is -0.499 e. The third-order valence-electron chi connectivity index (χ3n) is 5.35. The average Bonchev–Trinajstić information content (AvgIpc) is 2.81. The van der Waals surface area contributed by atoms with Gasteiger partial charge in [-0.2, -0.15) is 0 Å². The van der Waals surface area contributed by atoms with Crippen molar-refractivity contribution in [2.24, 2.45) is 0 Å². The summed E-state index contributed by atoms with van der Waals surface area (Å²) in [5.74, 6) is -3.00. The monoisotopic (exact) mass is 469 g/mol. The zero-order valence-corrected chi connectivity index (χ0v) is 18.9. The average molecular weight is 469 g/mol. The Kier molecular flexibility index (Phi) is 7.68. The second-order valence-corrected chi connectivity index (χ2v) is 7.70. The molecule has 0 saturated carbocycles. The Labute approximate surface area is 196 Å². The summed E-state index contributed by atoms with van der Waals surface area (Å²) in [5.41, 5.74) is 1.13. The number of hydrogen-bond acceptors (Lipinski definition) is 6. The number of halogens is 1. The third-order valence-corrected chi connectivity index (χ3v) is 5.35. The molecule has 0 bridgehead atoms. The number of pyridine rings is 1. The first-order valence-corrected chi connectivity index (χ1v) is 10.6. The number of nitrogens with one attached hydrogen (secondary N) is 1. The number of aromatic hydroxyl groups is 1. The van der Waals surface area contributed by atoms with Gasteiger partial charge in [0.25, 0.3) is 0 Å². The van der Waals surface area contributed by atoms with Gasteiger partial charge >= 0.3 is 17.6 Å². The molecular formula is C25H26FN2O6+. The summed E-state index contributed by atoms with van der Waals surface area (Å²) >= 11 is 0. The van der Waals surface area contributed by atoms with Gasteiger partial charge in [0, 0.05) is 10.6 Å². The van der Waals surface area contributed by atoms with Gasteiger partial charge in [0.2, 0.25) is 11.9 Å². The van der Waals surface area contributed by atoms with Crippen LogP contribution in [-0.2, 0) is 9.53 Å². The van der Waals surface area contributed by atoms with Crippen LogP contribution >= 0.6 is 0 Å². The van der Waals surface area contributed by atoms with E-state index >= 15 is 0 Å². The number of carbonyl (C=O) groups is 2. The van der Waals surface area contributed by atoms with E-state index in [9.17, 15) is 24.3 Å². The Morgan fingerprint density at radius 3 is 2.24 bits per heavy atom.